The van der Waals surface area contributed by atoms with Gasteiger partial charge in [-0.15, -0.1) is 0 Å². The first kappa shape index (κ1) is 13.3. The summed E-state index contributed by atoms with van der Waals surface area (Å²) in [6, 6.07) is 14.8. The van der Waals surface area contributed by atoms with Gasteiger partial charge < -0.3 is 9.47 Å². The van der Waals surface area contributed by atoms with Crippen LogP contribution in [0.2, 0.25) is 5.02 Å². The second kappa shape index (κ2) is 6.12. The summed E-state index contributed by atoms with van der Waals surface area (Å²) in [7, 11) is 1.62. The first-order valence-electron chi connectivity index (χ1n) is 5.69. The molecule has 2 aromatic carbocycles. The predicted octanol–water partition coefficient (Wildman–Crippen LogP) is 3.80. The molecular weight excluding hydrogens is 262 g/mol. The van der Waals surface area contributed by atoms with Gasteiger partial charge in [0, 0.05) is 0 Å². The van der Waals surface area contributed by atoms with Crippen LogP contribution in [0.4, 0.5) is 0 Å². The van der Waals surface area contributed by atoms with Gasteiger partial charge in [0.1, 0.15) is 29.7 Å². The van der Waals surface area contributed by atoms with E-state index in [0.29, 0.717) is 22.9 Å². The molecule has 0 radical (unpaired) electrons. The maximum atomic E-state index is 9.04. The standard InChI is InChI=1S/C15H12ClNO2/c1-18-12-5-2-4-11(8-12)10-19-15-7-3-6-14(16)13(15)9-17/h2-8H,10H2,1H3. The molecule has 0 saturated heterocycles. The van der Waals surface area contributed by atoms with Crippen molar-refractivity contribution in [1.82, 2.24) is 0 Å². The van der Waals surface area contributed by atoms with E-state index in [0.717, 1.165) is 11.3 Å². The van der Waals surface area contributed by atoms with Crippen molar-refractivity contribution in [2.75, 3.05) is 7.11 Å². The lowest BCUT2D eigenvalue weighted by atomic mass is 10.2. The van der Waals surface area contributed by atoms with Crippen molar-refractivity contribution in [3.8, 4) is 17.6 Å². The van der Waals surface area contributed by atoms with Crippen LogP contribution in [0, 0.1) is 11.3 Å². The zero-order valence-electron chi connectivity index (χ0n) is 10.4. The van der Waals surface area contributed by atoms with E-state index in [2.05, 4.69) is 0 Å². The van der Waals surface area contributed by atoms with E-state index in [-0.39, 0.29) is 0 Å². The number of nitriles is 1. The van der Waals surface area contributed by atoms with Crippen molar-refractivity contribution < 1.29 is 9.47 Å². The van der Waals surface area contributed by atoms with E-state index in [1.54, 1.807) is 25.3 Å². The average molecular weight is 274 g/mol. The SMILES string of the molecule is COc1cccc(COc2cccc(Cl)c2C#N)c1. The quantitative estimate of drug-likeness (QED) is 0.851. The van der Waals surface area contributed by atoms with E-state index in [4.69, 9.17) is 26.3 Å². The maximum Gasteiger partial charge on any atom is 0.139 e. The number of rotatable bonds is 4. The van der Waals surface area contributed by atoms with Crippen LogP contribution in [-0.4, -0.2) is 7.11 Å². The second-order valence-corrected chi connectivity index (χ2v) is 4.27. The molecule has 3 nitrogen and oxygen atoms in total. The summed E-state index contributed by atoms with van der Waals surface area (Å²) in [6.07, 6.45) is 0. The Bertz CT molecular complexity index is 620. The van der Waals surface area contributed by atoms with Crippen LogP contribution >= 0.6 is 11.6 Å². The molecule has 0 atom stereocenters. The Kier molecular flexibility index (Phi) is 4.27. The number of hydrogen-bond acceptors (Lipinski definition) is 3. The molecule has 19 heavy (non-hydrogen) atoms. The summed E-state index contributed by atoms with van der Waals surface area (Å²) in [5, 5.41) is 9.44. The van der Waals surface area contributed by atoms with E-state index >= 15 is 0 Å². The normalized spacial score (nSPS) is 9.74. The Morgan fingerprint density at radius 3 is 2.74 bits per heavy atom. The summed E-state index contributed by atoms with van der Waals surface area (Å²) >= 11 is 5.94. The van der Waals surface area contributed by atoms with Crippen molar-refractivity contribution in [1.29, 1.82) is 5.26 Å². The fourth-order valence-corrected chi connectivity index (χ4v) is 1.86. The largest absolute Gasteiger partial charge is 0.497 e. The molecule has 0 unspecified atom stereocenters. The van der Waals surface area contributed by atoms with E-state index < -0.39 is 0 Å². The first-order valence-corrected chi connectivity index (χ1v) is 6.06. The highest BCUT2D eigenvalue weighted by Crippen LogP contribution is 2.26. The van der Waals surface area contributed by atoms with Crippen LogP contribution in [0.15, 0.2) is 42.5 Å². The number of halogens is 1. The highest BCUT2D eigenvalue weighted by Gasteiger charge is 2.07. The Morgan fingerprint density at radius 2 is 2.00 bits per heavy atom. The van der Waals surface area contributed by atoms with Crippen molar-refractivity contribution in [3.05, 3.63) is 58.6 Å². The van der Waals surface area contributed by atoms with Crippen LogP contribution in [0.5, 0.6) is 11.5 Å². The number of nitrogens with zero attached hydrogens (tertiary/aromatic N) is 1. The molecule has 0 amide bonds. The van der Waals surface area contributed by atoms with Gasteiger partial charge >= 0.3 is 0 Å². The number of ether oxygens (including phenoxy) is 2. The smallest absolute Gasteiger partial charge is 0.139 e. The third kappa shape index (κ3) is 3.18. The average Bonchev–Trinajstić information content (AvgIpc) is 2.45. The number of benzene rings is 2. The van der Waals surface area contributed by atoms with Gasteiger partial charge in [0.25, 0.3) is 0 Å². The Morgan fingerprint density at radius 1 is 1.21 bits per heavy atom. The molecule has 0 aliphatic rings. The van der Waals surface area contributed by atoms with Gasteiger partial charge in [-0.25, -0.2) is 0 Å². The molecule has 2 rings (SSSR count). The molecule has 0 heterocycles. The highest BCUT2D eigenvalue weighted by atomic mass is 35.5. The number of hydrogen-bond donors (Lipinski definition) is 0. The van der Waals surface area contributed by atoms with Crippen molar-refractivity contribution in [3.63, 3.8) is 0 Å². The monoisotopic (exact) mass is 273 g/mol. The Labute approximate surface area is 117 Å². The Hall–Kier alpha value is -2.18. The molecule has 0 fully saturated rings. The van der Waals surface area contributed by atoms with Crippen LogP contribution in [0.3, 0.4) is 0 Å². The summed E-state index contributed by atoms with van der Waals surface area (Å²) in [5.74, 6) is 1.26. The molecule has 0 bridgehead atoms. The molecule has 0 aromatic heterocycles. The molecule has 0 spiro atoms. The summed E-state index contributed by atoms with van der Waals surface area (Å²) in [4.78, 5) is 0. The first-order chi connectivity index (χ1) is 9.24. The van der Waals surface area contributed by atoms with Crippen LogP contribution in [0.25, 0.3) is 0 Å². The minimum atomic E-state index is 0.353. The third-order valence-corrected chi connectivity index (χ3v) is 2.93. The summed E-state index contributed by atoms with van der Waals surface area (Å²) in [6.45, 7) is 0.353. The second-order valence-electron chi connectivity index (χ2n) is 3.86. The van der Waals surface area contributed by atoms with Crippen molar-refractivity contribution in [2.24, 2.45) is 0 Å². The lowest BCUT2D eigenvalue weighted by Gasteiger charge is -2.09. The number of methoxy groups -OCH3 is 1. The minimum Gasteiger partial charge on any atom is -0.497 e. The molecule has 2 aromatic rings. The Balaban J connectivity index is 2.15. The molecule has 0 saturated carbocycles. The lowest BCUT2D eigenvalue weighted by Crippen LogP contribution is -1.98. The molecule has 0 aliphatic carbocycles. The fourth-order valence-electron chi connectivity index (χ4n) is 1.66. The topological polar surface area (TPSA) is 42.2 Å². The molecular formula is C15H12ClNO2. The summed E-state index contributed by atoms with van der Waals surface area (Å²) < 4.78 is 10.8. The van der Waals surface area contributed by atoms with Gasteiger partial charge in [-0.2, -0.15) is 5.26 Å². The van der Waals surface area contributed by atoms with Gasteiger partial charge in [-0.05, 0) is 29.8 Å². The van der Waals surface area contributed by atoms with Crippen LogP contribution in [0.1, 0.15) is 11.1 Å². The third-order valence-electron chi connectivity index (χ3n) is 2.62. The molecule has 0 aliphatic heterocycles. The molecule has 0 N–H and O–H groups in total. The maximum absolute atomic E-state index is 9.04. The van der Waals surface area contributed by atoms with Gasteiger partial charge in [-0.1, -0.05) is 29.8 Å². The molecule has 4 heteroatoms. The van der Waals surface area contributed by atoms with Gasteiger partial charge in [0.05, 0.1) is 12.1 Å². The predicted molar refractivity (Wildman–Crippen MR) is 73.5 cm³/mol. The molecule has 96 valence electrons. The highest BCUT2D eigenvalue weighted by molar-refractivity contribution is 6.31. The van der Waals surface area contributed by atoms with Gasteiger partial charge in [-0.3, -0.25) is 0 Å². The zero-order chi connectivity index (χ0) is 13.7. The van der Waals surface area contributed by atoms with E-state index in [1.165, 1.54) is 0 Å². The van der Waals surface area contributed by atoms with E-state index in [1.807, 2.05) is 30.3 Å². The van der Waals surface area contributed by atoms with Gasteiger partial charge in [0.15, 0.2) is 0 Å². The van der Waals surface area contributed by atoms with E-state index in [9.17, 15) is 0 Å². The fraction of sp³-hybridized carbons (Fsp3) is 0.133. The van der Waals surface area contributed by atoms with Crippen LogP contribution in [-0.2, 0) is 6.61 Å². The lowest BCUT2D eigenvalue weighted by molar-refractivity contribution is 0.304. The van der Waals surface area contributed by atoms with Crippen molar-refractivity contribution in [2.45, 2.75) is 6.61 Å². The zero-order valence-corrected chi connectivity index (χ0v) is 11.1. The minimum absolute atomic E-state index is 0.353. The summed E-state index contributed by atoms with van der Waals surface area (Å²) in [5.41, 5.74) is 1.32. The van der Waals surface area contributed by atoms with Crippen molar-refractivity contribution >= 4 is 11.6 Å². The van der Waals surface area contributed by atoms with Gasteiger partial charge in [0.2, 0.25) is 0 Å². The van der Waals surface area contributed by atoms with Crippen LogP contribution < -0.4 is 9.47 Å².